The molecule has 0 saturated carbocycles. The molecule has 4 aliphatic rings. The van der Waals surface area contributed by atoms with Crippen molar-refractivity contribution < 1.29 is 4.79 Å². The third-order valence-corrected chi connectivity index (χ3v) is 10.6. The highest BCUT2D eigenvalue weighted by molar-refractivity contribution is 6.17. The maximum Gasteiger partial charge on any atom is 0.224 e. The highest BCUT2D eigenvalue weighted by Crippen LogP contribution is 2.48. The second-order valence-electron chi connectivity index (χ2n) is 13.0. The van der Waals surface area contributed by atoms with Crippen molar-refractivity contribution in [3.8, 4) is 22.3 Å². The van der Waals surface area contributed by atoms with Crippen molar-refractivity contribution in [1.82, 2.24) is 0 Å². The van der Waals surface area contributed by atoms with Crippen molar-refractivity contribution in [2.24, 2.45) is 0 Å². The Labute approximate surface area is 262 Å². The van der Waals surface area contributed by atoms with Crippen LogP contribution in [0.15, 0.2) is 66.7 Å². The lowest BCUT2D eigenvalue weighted by Crippen LogP contribution is -2.11. The van der Waals surface area contributed by atoms with Crippen molar-refractivity contribution in [2.75, 3.05) is 5.32 Å². The summed E-state index contributed by atoms with van der Waals surface area (Å²) < 4.78 is 0. The fourth-order valence-electron chi connectivity index (χ4n) is 8.48. The molecule has 6 aromatic carbocycles. The van der Waals surface area contributed by atoms with Crippen LogP contribution in [0, 0.1) is 0 Å². The lowest BCUT2D eigenvalue weighted by atomic mass is 9.87. The Morgan fingerprint density at radius 2 is 1.38 bits per heavy atom. The summed E-state index contributed by atoms with van der Waals surface area (Å²) in [5.41, 5.74) is 16.9. The van der Waals surface area contributed by atoms with Gasteiger partial charge in [0.25, 0.3) is 0 Å². The van der Waals surface area contributed by atoms with Crippen LogP contribution in [0.1, 0.15) is 70.7 Å². The van der Waals surface area contributed by atoms with E-state index in [1.54, 1.807) is 0 Å². The van der Waals surface area contributed by atoms with E-state index in [4.69, 9.17) is 0 Å². The molecule has 0 radical (unpaired) electrons. The molecule has 0 unspecified atom stereocenters. The van der Waals surface area contributed by atoms with E-state index < -0.39 is 0 Å². The molecule has 45 heavy (non-hydrogen) atoms. The Bertz CT molecular complexity index is 2450. The number of amides is 1. The SMILES string of the molecule is CCCCC(=O)Nc1ccc2c3c(c(-c4ccc5cc(-c6cc7c8c(ccc9c8c6CC9)C=C7)cc6c5c4C=C6)ccc13)C=C2. The molecule has 0 saturated heterocycles. The first-order valence-electron chi connectivity index (χ1n) is 16.3. The molecule has 10 rings (SSSR count). The summed E-state index contributed by atoms with van der Waals surface area (Å²) in [6.45, 7) is 2.12. The van der Waals surface area contributed by atoms with Crippen molar-refractivity contribution in [3.05, 3.63) is 111 Å². The maximum atomic E-state index is 12.6. The number of hydrogen-bond donors (Lipinski definition) is 1. The van der Waals surface area contributed by atoms with Gasteiger partial charge in [-0.05, 0) is 137 Å². The van der Waals surface area contributed by atoms with E-state index in [1.807, 2.05) is 6.07 Å². The average molecular weight is 578 g/mol. The Kier molecular flexibility index (Phi) is 5.12. The summed E-state index contributed by atoms with van der Waals surface area (Å²) >= 11 is 0. The summed E-state index contributed by atoms with van der Waals surface area (Å²) in [5.74, 6) is 0.0893. The third kappa shape index (κ3) is 3.48. The number of anilines is 1. The molecule has 4 aliphatic carbocycles. The number of benzene rings is 6. The van der Waals surface area contributed by atoms with Gasteiger partial charge in [-0.1, -0.05) is 92.3 Å². The molecule has 1 amide bonds. The van der Waals surface area contributed by atoms with Crippen LogP contribution < -0.4 is 5.32 Å². The number of aryl methyl sites for hydroxylation is 2. The molecule has 1 N–H and O–H groups in total. The van der Waals surface area contributed by atoms with E-state index >= 15 is 0 Å². The standard InChI is InChI=1S/C43H31NO/c1-2-3-4-39(45)44-38-20-13-25-9-15-34-32(18-19-36(38)42(25)34)31-14-11-27-21-30(22-28-12-17-33(31)40(27)28)37-23-29-8-7-24-5-6-26-10-16-35(37)43(26)41(24)29/h5-9,11-15,17-23H,2-4,10,16H2,1H3,(H,44,45). The number of carbonyl (C=O) groups is 1. The predicted octanol–water partition coefficient (Wildman–Crippen LogP) is 11.2. The molecule has 0 fully saturated rings. The van der Waals surface area contributed by atoms with Crippen LogP contribution in [0.3, 0.4) is 0 Å². The maximum absolute atomic E-state index is 12.6. The molecule has 214 valence electrons. The van der Waals surface area contributed by atoms with Gasteiger partial charge in [-0.15, -0.1) is 0 Å². The normalized spacial score (nSPS) is 14.2. The van der Waals surface area contributed by atoms with Crippen LogP contribution in [-0.2, 0) is 17.6 Å². The number of carbonyl (C=O) groups excluding carboxylic acids is 1. The number of unbranched alkanes of at least 4 members (excludes halogenated alkanes) is 1. The summed E-state index contributed by atoms with van der Waals surface area (Å²) in [5, 5.41) is 11.1. The van der Waals surface area contributed by atoms with Crippen LogP contribution >= 0.6 is 0 Å². The van der Waals surface area contributed by atoms with E-state index in [9.17, 15) is 4.79 Å². The average Bonchev–Trinajstić information content (AvgIpc) is 3.87. The monoisotopic (exact) mass is 577 g/mol. The van der Waals surface area contributed by atoms with Crippen LogP contribution in [0.5, 0.6) is 0 Å². The minimum absolute atomic E-state index is 0.0893. The lowest BCUT2D eigenvalue weighted by Gasteiger charge is -2.17. The van der Waals surface area contributed by atoms with Gasteiger partial charge >= 0.3 is 0 Å². The van der Waals surface area contributed by atoms with Crippen LogP contribution in [0.2, 0.25) is 0 Å². The van der Waals surface area contributed by atoms with E-state index in [1.165, 1.54) is 93.7 Å². The Balaban J connectivity index is 1.10. The predicted molar refractivity (Wildman–Crippen MR) is 192 cm³/mol. The second kappa shape index (κ2) is 9.15. The van der Waals surface area contributed by atoms with Gasteiger partial charge in [0.15, 0.2) is 0 Å². The molecular formula is C43H31NO. The van der Waals surface area contributed by atoms with Crippen molar-refractivity contribution in [2.45, 2.75) is 39.0 Å². The van der Waals surface area contributed by atoms with Crippen LogP contribution in [-0.4, -0.2) is 5.91 Å². The highest BCUT2D eigenvalue weighted by atomic mass is 16.1. The summed E-state index contributed by atoms with van der Waals surface area (Å²) in [6, 6.07) is 25.2. The Morgan fingerprint density at radius 1 is 0.644 bits per heavy atom. The Hall–Kier alpha value is -5.21. The first-order chi connectivity index (χ1) is 22.2. The van der Waals surface area contributed by atoms with Gasteiger partial charge in [0.2, 0.25) is 5.91 Å². The topological polar surface area (TPSA) is 29.1 Å². The molecular weight excluding hydrogens is 546 g/mol. The Morgan fingerprint density at radius 3 is 2.27 bits per heavy atom. The van der Waals surface area contributed by atoms with Crippen LogP contribution in [0.4, 0.5) is 5.69 Å². The molecule has 6 aromatic rings. The molecule has 0 aromatic heterocycles. The zero-order chi connectivity index (χ0) is 29.8. The highest BCUT2D eigenvalue weighted by Gasteiger charge is 2.25. The quantitative estimate of drug-likeness (QED) is 0.209. The number of nitrogens with one attached hydrogen (secondary N) is 1. The molecule has 0 aliphatic heterocycles. The van der Waals surface area contributed by atoms with Gasteiger partial charge in [-0.25, -0.2) is 0 Å². The zero-order valence-electron chi connectivity index (χ0n) is 25.3. The van der Waals surface area contributed by atoms with Gasteiger partial charge in [-0.3, -0.25) is 4.79 Å². The first-order valence-corrected chi connectivity index (χ1v) is 16.3. The van der Waals surface area contributed by atoms with Gasteiger partial charge in [0.05, 0.1) is 0 Å². The lowest BCUT2D eigenvalue weighted by molar-refractivity contribution is -0.116. The minimum Gasteiger partial charge on any atom is -0.326 e. The largest absolute Gasteiger partial charge is 0.326 e. The molecule has 0 spiro atoms. The zero-order valence-corrected chi connectivity index (χ0v) is 25.3. The van der Waals surface area contributed by atoms with Gasteiger partial charge in [-0.2, -0.15) is 0 Å². The fraction of sp³-hybridized carbons (Fsp3) is 0.140. The van der Waals surface area contributed by atoms with E-state index in [0.717, 1.165) is 36.8 Å². The molecule has 2 nitrogen and oxygen atoms in total. The molecule has 2 heteroatoms. The van der Waals surface area contributed by atoms with Gasteiger partial charge in [0, 0.05) is 17.5 Å². The number of hydrogen-bond acceptors (Lipinski definition) is 1. The number of rotatable bonds is 6. The van der Waals surface area contributed by atoms with Crippen molar-refractivity contribution >= 4 is 80.4 Å². The minimum atomic E-state index is 0.0893. The van der Waals surface area contributed by atoms with E-state index in [-0.39, 0.29) is 5.91 Å². The van der Waals surface area contributed by atoms with Crippen molar-refractivity contribution in [3.63, 3.8) is 0 Å². The summed E-state index contributed by atoms with van der Waals surface area (Å²) in [4.78, 5) is 12.6. The molecule has 0 atom stereocenters. The van der Waals surface area contributed by atoms with Crippen LogP contribution in [0.25, 0.3) is 91.0 Å². The van der Waals surface area contributed by atoms with E-state index in [0.29, 0.717) is 6.42 Å². The smallest absolute Gasteiger partial charge is 0.224 e. The summed E-state index contributed by atoms with van der Waals surface area (Å²) in [7, 11) is 0. The fourth-order valence-corrected chi connectivity index (χ4v) is 8.48. The van der Waals surface area contributed by atoms with Gasteiger partial charge < -0.3 is 5.32 Å². The first kappa shape index (κ1) is 25.2. The van der Waals surface area contributed by atoms with Crippen molar-refractivity contribution in [1.29, 1.82) is 0 Å². The molecule has 0 bridgehead atoms. The summed E-state index contributed by atoms with van der Waals surface area (Å²) in [6.07, 6.45) is 18.4. The van der Waals surface area contributed by atoms with E-state index in [2.05, 4.69) is 109 Å². The second-order valence-corrected chi connectivity index (χ2v) is 13.0. The third-order valence-electron chi connectivity index (χ3n) is 10.6. The molecule has 0 heterocycles. The van der Waals surface area contributed by atoms with Gasteiger partial charge in [0.1, 0.15) is 0 Å².